The van der Waals surface area contributed by atoms with Crippen LogP contribution in [0.3, 0.4) is 0 Å². The number of esters is 1. The summed E-state index contributed by atoms with van der Waals surface area (Å²) in [5.74, 6) is 0.00625. The van der Waals surface area contributed by atoms with Gasteiger partial charge < -0.3 is 15.2 Å². The third-order valence-corrected chi connectivity index (χ3v) is 3.25. The molecule has 18 heavy (non-hydrogen) atoms. The van der Waals surface area contributed by atoms with E-state index >= 15 is 0 Å². The minimum absolute atomic E-state index is 0.0167. The topological polar surface area (TPSA) is 71.5 Å². The van der Waals surface area contributed by atoms with Crippen LogP contribution in [-0.4, -0.2) is 35.3 Å². The highest BCUT2D eigenvalue weighted by Gasteiger charge is 2.27. The predicted octanol–water partition coefficient (Wildman–Crippen LogP) is 1.83. The van der Waals surface area contributed by atoms with Gasteiger partial charge in [-0.05, 0) is 25.0 Å². The van der Waals surface area contributed by atoms with E-state index in [-0.39, 0.29) is 6.61 Å². The van der Waals surface area contributed by atoms with Crippen molar-refractivity contribution >= 4 is 11.8 Å². The number of carbonyl (C=O) groups excluding carboxylic acids is 1. The first-order chi connectivity index (χ1) is 8.62. The van der Waals surface area contributed by atoms with Crippen molar-refractivity contribution in [1.82, 2.24) is 4.98 Å². The van der Waals surface area contributed by atoms with Crippen molar-refractivity contribution in [2.24, 2.45) is 0 Å². The zero-order chi connectivity index (χ0) is 13.6. The number of aliphatic hydroxyl groups is 1. The third-order valence-electron chi connectivity index (χ3n) is 3.25. The van der Waals surface area contributed by atoms with E-state index in [9.17, 15) is 9.90 Å². The molecular formula is C13H20N2O3. The normalized spacial score (nSPS) is 11.1. The SMILES string of the molecule is CCC(CC)(CO)Nc1ncccc1C(=O)OC. The number of anilines is 1. The molecule has 1 aromatic heterocycles. The van der Waals surface area contributed by atoms with E-state index in [0.29, 0.717) is 11.4 Å². The Balaban J connectivity index is 3.06. The van der Waals surface area contributed by atoms with Gasteiger partial charge in [0.05, 0.1) is 19.3 Å². The molecule has 0 aliphatic heterocycles. The zero-order valence-corrected chi connectivity index (χ0v) is 11.1. The van der Waals surface area contributed by atoms with Crippen molar-refractivity contribution < 1.29 is 14.6 Å². The Morgan fingerprint density at radius 2 is 2.17 bits per heavy atom. The van der Waals surface area contributed by atoms with Crippen LogP contribution >= 0.6 is 0 Å². The number of aliphatic hydroxyl groups excluding tert-OH is 1. The first-order valence-corrected chi connectivity index (χ1v) is 6.04. The Morgan fingerprint density at radius 1 is 1.50 bits per heavy atom. The summed E-state index contributed by atoms with van der Waals surface area (Å²) in [6.45, 7) is 3.94. The molecule has 0 aromatic carbocycles. The molecule has 2 N–H and O–H groups in total. The van der Waals surface area contributed by atoms with E-state index < -0.39 is 11.5 Å². The number of carbonyl (C=O) groups is 1. The van der Waals surface area contributed by atoms with Crippen LogP contribution in [0.15, 0.2) is 18.3 Å². The van der Waals surface area contributed by atoms with Crippen molar-refractivity contribution in [3.63, 3.8) is 0 Å². The summed E-state index contributed by atoms with van der Waals surface area (Å²) >= 11 is 0. The van der Waals surface area contributed by atoms with Gasteiger partial charge in [-0.3, -0.25) is 0 Å². The van der Waals surface area contributed by atoms with Gasteiger partial charge in [-0.1, -0.05) is 13.8 Å². The van der Waals surface area contributed by atoms with Crippen LogP contribution < -0.4 is 5.32 Å². The van der Waals surface area contributed by atoms with Crippen LogP contribution in [0, 0.1) is 0 Å². The number of ether oxygens (including phenoxy) is 1. The summed E-state index contributed by atoms with van der Waals surface area (Å²) in [5, 5.41) is 12.7. The molecule has 0 saturated heterocycles. The third kappa shape index (κ3) is 2.98. The molecule has 0 aliphatic carbocycles. The van der Waals surface area contributed by atoms with E-state index in [0.717, 1.165) is 12.8 Å². The molecule has 1 heterocycles. The molecule has 0 amide bonds. The summed E-state index contributed by atoms with van der Waals surface area (Å²) in [5.41, 5.74) is -0.0864. The van der Waals surface area contributed by atoms with Gasteiger partial charge in [-0.15, -0.1) is 0 Å². The molecule has 1 aromatic rings. The average Bonchev–Trinajstić information content (AvgIpc) is 2.44. The molecular weight excluding hydrogens is 232 g/mol. The fourth-order valence-electron chi connectivity index (χ4n) is 1.72. The maximum Gasteiger partial charge on any atom is 0.341 e. The standard InChI is InChI=1S/C13H20N2O3/c1-4-13(5-2,9-16)15-11-10(12(17)18-3)7-6-8-14-11/h6-8,16H,4-5,9H2,1-3H3,(H,14,15). The van der Waals surface area contributed by atoms with Crippen LogP contribution in [-0.2, 0) is 4.74 Å². The minimum atomic E-state index is -0.461. The smallest absolute Gasteiger partial charge is 0.341 e. The molecule has 0 saturated carbocycles. The van der Waals surface area contributed by atoms with Gasteiger partial charge in [0, 0.05) is 6.20 Å². The van der Waals surface area contributed by atoms with Crippen molar-refractivity contribution in [3.05, 3.63) is 23.9 Å². The number of methoxy groups -OCH3 is 1. The number of pyridine rings is 1. The van der Waals surface area contributed by atoms with E-state index in [1.165, 1.54) is 7.11 Å². The van der Waals surface area contributed by atoms with Crippen LogP contribution in [0.4, 0.5) is 5.82 Å². The first-order valence-electron chi connectivity index (χ1n) is 6.04. The van der Waals surface area contributed by atoms with E-state index in [4.69, 9.17) is 4.74 Å². The van der Waals surface area contributed by atoms with E-state index in [2.05, 4.69) is 10.3 Å². The lowest BCUT2D eigenvalue weighted by Crippen LogP contribution is -2.41. The first kappa shape index (κ1) is 14.4. The molecule has 1 rings (SSSR count). The molecule has 5 heteroatoms. The highest BCUT2D eigenvalue weighted by molar-refractivity contribution is 5.94. The number of hydrogen-bond acceptors (Lipinski definition) is 5. The summed E-state index contributed by atoms with van der Waals surface area (Å²) in [6, 6.07) is 3.32. The number of aromatic nitrogens is 1. The second-order valence-electron chi connectivity index (χ2n) is 4.16. The Kier molecular flexibility index (Phi) is 5.09. The molecule has 0 unspecified atom stereocenters. The molecule has 0 fully saturated rings. The van der Waals surface area contributed by atoms with E-state index in [1.807, 2.05) is 13.8 Å². The fourth-order valence-corrected chi connectivity index (χ4v) is 1.72. The zero-order valence-electron chi connectivity index (χ0n) is 11.1. The van der Waals surface area contributed by atoms with Gasteiger partial charge in [0.1, 0.15) is 11.4 Å². The van der Waals surface area contributed by atoms with Crippen molar-refractivity contribution in [2.45, 2.75) is 32.2 Å². The predicted molar refractivity (Wildman–Crippen MR) is 69.6 cm³/mol. The summed E-state index contributed by atoms with van der Waals surface area (Å²) < 4.78 is 4.71. The fraction of sp³-hybridized carbons (Fsp3) is 0.538. The van der Waals surface area contributed by atoms with Crippen molar-refractivity contribution in [3.8, 4) is 0 Å². The van der Waals surface area contributed by atoms with E-state index in [1.54, 1.807) is 18.3 Å². The molecule has 0 bridgehead atoms. The highest BCUT2D eigenvalue weighted by Crippen LogP contribution is 2.23. The second kappa shape index (κ2) is 6.35. The Bertz CT molecular complexity index is 395. The summed E-state index contributed by atoms with van der Waals surface area (Å²) in [6.07, 6.45) is 3.07. The maximum absolute atomic E-state index is 11.6. The highest BCUT2D eigenvalue weighted by atomic mass is 16.5. The van der Waals surface area contributed by atoms with Crippen LogP contribution in [0.5, 0.6) is 0 Å². The molecule has 5 nitrogen and oxygen atoms in total. The van der Waals surface area contributed by atoms with Gasteiger partial charge in [0.25, 0.3) is 0 Å². The molecule has 0 radical (unpaired) electrons. The van der Waals surface area contributed by atoms with Crippen LogP contribution in [0.2, 0.25) is 0 Å². The average molecular weight is 252 g/mol. The maximum atomic E-state index is 11.6. The number of nitrogens with one attached hydrogen (secondary N) is 1. The Morgan fingerprint density at radius 3 is 2.67 bits per heavy atom. The number of nitrogens with zero attached hydrogens (tertiary/aromatic N) is 1. The van der Waals surface area contributed by atoms with Gasteiger partial charge in [0.2, 0.25) is 0 Å². The van der Waals surface area contributed by atoms with Gasteiger partial charge in [-0.25, -0.2) is 9.78 Å². The number of rotatable bonds is 6. The van der Waals surface area contributed by atoms with Gasteiger partial charge >= 0.3 is 5.97 Å². The van der Waals surface area contributed by atoms with Gasteiger partial charge in [-0.2, -0.15) is 0 Å². The lowest BCUT2D eigenvalue weighted by Gasteiger charge is -2.31. The number of hydrogen-bond donors (Lipinski definition) is 2. The molecule has 100 valence electrons. The van der Waals surface area contributed by atoms with Crippen LogP contribution in [0.25, 0.3) is 0 Å². The van der Waals surface area contributed by atoms with Gasteiger partial charge in [0.15, 0.2) is 0 Å². The quantitative estimate of drug-likeness (QED) is 0.756. The minimum Gasteiger partial charge on any atom is -0.465 e. The Labute approximate surface area is 107 Å². The lowest BCUT2D eigenvalue weighted by molar-refractivity contribution is 0.0601. The monoisotopic (exact) mass is 252 g/mol. The molecule has 0 spiro atoms. The summed E-state index contributed by atoms with van der Waals surface area (Å²) in [4.78, 5) is 15.8. The lowest BCUT2D eigenvalue weighted by atomic mass is 9.93. The van der Waals surface area contributed by atoms with Crippen LogP contribution in [0.1, 0.15) is 37.0 Å². The summed E-state index contributed by atoms with van der Waals surface area (Å²) in [7, 11) is 1.33. The van der Waals surface area contributed by atoms with Crippen molar-refractivity contribution in [2.75, 3.05) is 19.0 Å². The second-order valence-corrected chi connectivity index (χ2v) is 4.16. The molecule has 0 aliphatic rings. The van der Waals surface area contributed by atoms with Crippen molar-refractivity contribution in [1.29, 1.82) is 0 Å². The Hall–Kier alpha value is -1.62. The molecule has 0 atom stereocenters. The largest absolute Gasteiger partial charge is 0.465 e.